The maximum absolute atomic E-state index is 10.2. The summed E-state index contributed by atoms with van der Waals surface area (Å²) in [6, 6.07) is 0. The SMILES string of the molecule is CC(=CC=O)CCCO[Si](C)(C)C(C)(C)C. The first-order valence-corrected chi connectivity index (χ1v) is 8.86. The molecule has 0 atom stereocenters. The zero-order chi connectivity index (χ0) is 12.8. The average Bonchev–Trinajstić information content (AvgIpc) is 2.11. The first-order valence-electron chi connectivity index (χ1n) is 5.95. The number of carbonyl (C=O) groups is 1. The molecule has 16 heavy (non-hydrogen) atoms. The second-order valence-electron chi connectivity index (χ2n) is 5.86. The van der Waals surface area contributed by atoms with Gasteiger partial charge in [-0.25, -0.2) is 0 Å². The van der Waals surface area contributed by atoms with E-state index in [4.69, 9.17) is 4.43 Å². The second-order valence-corrected chi connectivity index (χ2v) is 10.7. The van der Waals surface area contributed by atoms with Crippen LogP contribution in [0.1, 0.15) is 40.5 Å². The standard InChI is InChI=1S/C13H26O2Si/c1-12(9-10-14)8-7-11-15-16(5,6)13(2,3)4/h9-10H,7-8,11H2,1-6H3. The van der Waals surface area contributed by atoms with Crippen molar-refractivity contribution < 1.29 is 9.22 Å². The molecule has 0 unspecified atom stereocenters. The van der Waals surface area contributed by atoms with Crippen LogP contribution in [0.5, 0.6) is 0 Å². The van der Waals surface area contributed by atoms with Gasteiger partial charge in [-0.05, 0) is 44.0 Å². The van der Waals surface area contributed by atoms with Crippen LogP contribution < -0.4 is 0 Å². The molecule has 0 spiro atoms. The van der Waals surface area contributed by atoms with Gasteiger partial charge < -0.3 is 4.43 Å². The molecule has 0 N–H and O–H groups in total. The van der Waals surface area contributed by atoms with E-state index >= 15 is 0 Å². The third kappa shape index (κ3) is 5.61. The fraction of sp³-hybridized carbons (Fsp3) is 0.769. The molecule has 3 heteroatoms. The lowest BCUT2D eigenvalue weighted by Crippen LogP contribution is -2.40. The van der Waals surface area contributed by atoms with Crippen LogP contribution in [-0.4, -0.2) is 21.2 Å². The first-order chi connectivity index (χ1) is 7.20. The summed E-state index contributed by atoms with van der Waals surface area (Å²) in [4.78, 5) is 10.2. The molecule has 0 heterocycles. The quantitative estimate of drug-likeness (QED) is 0.305. The van der Waals surface area contributed by atoms with Crippen molar-refractivity contribution in [1.29, 1.82) is 0 Å². The van der Waals surface area contributed by atoms with E-state index in [-0.39, 0.29) is 5.04 Å². The summed E-state index contributed by atoms with van der Waals surface area (Å²) in [6.45, 7) is 14.1. The topological polar surface area (TPSA) is 26.3 Å². The van der Waals surface area contributed by atoms with Crippen molar-refractivity contribution >= 4 is 14.6 Å². The Hall–Kier alpha value is -0.413. The molecule has 0 aliphatic rings. The molecule has 0 rings (SSSR count). The van der Waals surface area contributed by atoms with Crippen molar-refractivity contribution in [3.05, 3.63) is 11.6 Å². The minimum atomic E-state index is -1.58. The Bertz CT molecular complexity index is 249. The predicted molar refractivity (Wildman–Crippen MR) is 72.2 cm³/mol. The molecule has 2 nitrogen and oxygen atoms in total. The van der Waals surface area contributed by atoms with Gasteiger partial charge in [-0.15, -0.1) is 0 Å². The molecule has 0 radical (unpaired) electrons. The molecule has 0 aliphatic carbocycles. The lowest BCUT2D eigenvalue weighted by atomic mass is 10.2. The van der Waals surface area contributed by atoms with Gasteiger partial charge >= 0.3 is 0 Å². The Kier molecular flexibility index (Phi) is 6.19. The molecular formula is C13H26O2Si. The van der Waals surface area contributed by atoms with Crippen LogP contribution in [0.15, 0.2) is 11.6 Å². The minimum absolute atomic E-state index is 0.278. The second kappa shape index (κ2) is 6.35. The van der Waals surface area contributed by atoms with E-state index in [1.54, 1.807) is 6.08 Å². The van der Waals surface area contributed by atoms with Crippen molar-refractivity contribution in [3.8, 4) is 0 Å². The Balaban J connectivity index is 3.91. The number of hydrogen-bond acceptors (Lipinski definition) is 2. The van der Waals surface area contributed by atoms with Crippen LogP contribution in [0.4, 0.5) is 0 Å². The first kappa shape index (κ1) is 15.6. The van der Waals surface area contributed by atoms with Crippen LogP contribution in [0.2, 0.25) is 18.1 Å². The van der Waals surface area contributed by atoms with E-state index in [9.17, 15) is 4.79 Å². The molecule has 0 fully saturated rings. The van der Waals surface area contributed by atoms with E-state index in [0.717, 1.165) is 31.3 Å². The Morgan fingerprint density at radius 2 is 1.88 bits per heavy atom. The van der Waals surface area contributed by atoms with Gasteiger partial charge in [0, 0.05) is 6.61 Å². The Morgan fingerprint density at radius 3 is 2.31 bits per heavy atom. The smallest absolute Gasteiger partial charge is 0.191 e. The lowest BCUT2D eigenvalue weighted by molar-refractivity contribution is -0.104. The number of rotatable bonds is 6. The van der Waals surface area contributed by atoms with Gasteiger partial charge in [0.2, 0.25) is 0 Å². The minimum Gasteiger partial charge on any atom is -0.417 e. The van der Waals surface area contributed by atoms with E-state index in [2.05, 4.69) is 33.9 Å². The fourth-order valence-corrected chi connectivity index (χ4v) is 2.18. The summed E-state index contributed by atoms with van der Waals surface area (Å²) in [5.41, 5.74) is 1.13. The highest BCUT2D eigenvalue weighted by Gasteiger charge is 2.36. The molecule has 0 aliphatic heterocycles. The Morgan fingerprint density at radius 1 is 1.31 bits per heavy atom. The maximum atomic E-state index is 10.2. The van der Waals surface area contributed by atoms with Crippen molar-refractivity contribution in [2.24, 2.45) is 0 Å². The molecule has 0 bridgehead atoms. The van der Waals surface area contributed by atoms with Crippen LogP contribution in [0, 0.1) is 0 Å². The normalized spacial score (nSPS) is 14.0. The monoisotopic (exact) mass is 242 g/mol. The third-order valence-electron chi connectivity index (χ3n) is 3.34. The van der Waals surface area contributed by atoms with Crippen molar-refractivity contribution in [2.45, 2.75) is 58.7 Å². The molecule has 0 saturated carbocycles. The molecule has 94 valence electrons. The van der Waals surface area contributed by atoms with E-state index in [1.807, 2.05) is 6.92 Å². The molecular weight excluding hydrogens is 216 g/mol. The van der Waals surface area contributed by atoms with Gasteiger partial charge in [0.05, 0.1) is 0 Å². The highest BCUT2D eigenvalue weighted by molar-refractivity contribution is 6.74. The summed E-state index contributed by atoms with van der Waals surface area (Å²) < 4.78 is 6.05. The molecule has 0 aromatic rings. The van der Waals surface area contributed by atoms with Crippen LogP contribution in [0.3, 0.4) is 0 Å². The number of allylic oxidation sites excluding steroid dienone is 2. The number of aldehydes is 1. The van der Waals surface area contributed by atoms with Gasteiger partial charge in [-0.2, -0.15) is 0 Å². The summed E-state index contributed by atoms with van der Waals surface area (Å²) >= 11 is 0. The largest absolute Gasteiger partial charge is 0.417 e. The van der Waals surface area contributed by atoms with Gasteiger partial charge in [-0.1, -0.05) is 26.3 Å². The highest BCUT2D eigenvalue weighted by atomic mass is 28.4. The summed E-state index contributed by atoms with van der Waals surface area (Å²) in [5, 5.41) is 0.278. The summed E-state index contributed by atoms with van der Waals surface area (Å²) in [6.07, 6.45) is 4.44. The Labute approximate surface area is 101 Å². The number of carbonyl (C=O) groups excluding carboxylic acids is 1. The molecule has 0 saturated heterocycles. The lowest BCUT2D eigenvalue weighted by Gasteiger charge is -2.36. The van der Waals surface area contributed by atoms with Gasteiger partial charge in [-0.3, -0.25) is 4.79 Å². The zero-order valence-corrected chi connectivity index (χ0v) is 12.6. The van der Waals surface area contributed by atoms with E-state index in [1.165, 1.54) is 0 Å². The van der Waals surface area contributed by atoms with Gasteiger partial charge in [0.25, 0.3) is 0 Å². The number of hydrogen-bond donors (Lipinski definition) is 0. The van der Waals surface area contributed by atoms with Gasteiger partial charge in [0.1, 0.15) is 6.29 Å². The van der Waals surface area contributed by atoms with Crippen molar-refractivity contribution in [3.63, 3.8) is 0 Å². The molecule has 0 amide bonds. The van der Waals surface area contributed by atoms with Crippen molar-refractivity contribution in [1.82, 2.24) is 0 Å². The summed E-state index contributed by atoms with van der Waals surface area (Å²) in [5.74, 6) is 0. The zero-order valence-electron chi connectivity index (χ0n) is 11.6. The van der Waals surface area contributed by atoms with E-state index < -0.39 is 8.32 Å². The maximum Gasteiger partial charge on any atom is 0.191 e. The highest BCUT2D eigenvalue weighted by Crippen LogP contribution is 2.36. The summed E-state index contributed by atoms with van der Waals surface area (Å²) in [7, 11) is -1.58. The van der Waals surface area contributed by atoms with Crippen LogP contribution in [-0.2, 0) is 9.22 Å². The van der Waals surface area contributed by atoms with Gasteiger partial charge in [0.15, 0.2) is 8.32 Å². The molecule has 0 aromatic carbocycles. The predicted octanol–water partition coefficient (Wildman–Crippen LogP) is 3.93. The fourth-order valence-electron chi connectivity index (χ4n) is 1.09. The van der Waals surface area contributed by atoms with E-state index in [0.29, 0.717) is 0 Å². The van der Waals surface area contributed by atoms with Crippen molar-refractivity contribution in [2.75, 3.05) is 6.61 Å². The van der Waals surface area contributed by atoms with Crippen LogP contribution in [0.25, 0.3) is 0 Å². The third-order valence-corrected chi connectivity index (χ3v) is 7.88. The van der Waals surface area contributed by atoms with Crippen LogP contribution >= 0.6 is 0 Å². The molecule has 0 aromatic heterocycles. The average molecular weight is 242 g/mol.